The van der Waals surface area contributed by atoms with Crippen LogP contribution < -0.4 is 0 Å². The smallest absolute Gasteiger partial charge is 0.339 e. The van der Waals surface area contributed by atoms with E-state index in [0.717, 1.165) is 0 Å². The van der Waals surface area contributed by atoms with E-state index in [2.05, 4.69) is 10.1 Å². The SMILES string of the molecule is Cc1cc(-n2nc(C)c([N+](=O)[O-])c2C)c(C(=O)O)cn1. The van der Waals surface area contributed by atoms with Gasteiger partial charge >= 0.3 is 11.7 Å². The van der Waals surface area contributed by atoms with Gasteiger partial charge in [-0.25, -0.2) is 9.48 Å². The van der Waals surface area contributed by atoms with Crippen LogP contribution in [0.3, 0.4) is 0 Å². The Kier molecular flexibility index (Phi) is 3.23. The number of carbonyl (C=O) groups is 1. The van der Waals surface area contributed by atoms with Gasteiger partial charge in [-0.15, -0.1) is 0 Å². The maximum Gasteiger partial charge on any atom is 0.339 e. The van der Waals surface area contributed by atoms with Crippen molar-refractivity contribution in [2.75, 3.05) is 0 Å². The van der Waals surface area contributed by atoms with E-state index in [1.54, 1.807) is 6.92 Å². The number of carboxylic acids is 1. The molecule has 0 aliphatic heterocycles. The molecule has 2 heterocycles. The minimum absolute atomic E-state index is 0.0592. The van der Waals surface area contributed by atoms with Crippen molar-refractivity contribution in [1.82, 2.24) is 14.8 Å². The molecule has 0 saturated heterocycles. The number of carboxylic acid groups (broad SMARTS) is 1. The molecule has 0 aromatic carbocycles. The molecular weight excluding hydrogens is 264 g/mol. The van der Waals surface area contributed by atoms with Crippen LogP contribution in [0, 0.1) is 30.9 Å². The topological polar surface area (TPSA) is 111 Å². The van der Waals surface area contributed by atoms with Crippen molar-refractivity contribution in [3.8, 4) is 5.69 Å². The minimum Gasteiger partial charge on any atom is -0.478 e. The van der Waals surface area contributed by atoms with Crippen LogP contribution in [-0.2, 0) is 0 Å². The molecule has 8 heteroatoms. The molecule has 0 spiro atoms. The lowest BCUT2D eigenvalue weighted by Gasteiger charge is -2.08. The van der Waals surface area contributed by atoms with Gasteiger partial charge in [0, 0.05) is 11.9 Å². The number of hydrogen-bond acceptors (Lipinski definition) is 5. The standard InChI is InChI=1S/C12H12N4O4/c1-6-4-10(9(5-13-6)12(17)18)15-8(3)11(16(19)20)7(2)14-15/h4-5H,1-3H3,(H,17,18). The van der Waals surface area contributed by atoms with Crippen LogP contribution in [0.1, 0.15) is 27.4 Å². The molecule has 2 aromatic rings. The average Bonchev–Trinajstić information content (AvgIpc) is 2.64. The second-order valence-corrected chi connectivity index (χ2v) is 4.34. The van der Waals surface area contributed by atoms with Crippen LogP contribution in [0.2, 0.25) is 0 Å². The Morgan fingerprint density at radius 1 is 1.40 bits per heavy atom. The molecular formula is C12H12N4O4. The first kappa shape index (κ1) is 13.7. The number of nitrogens with zero attached hydrogens (tertiary/aromatic N) is 4. The monoisotopic (exact) mass is 276 g/mol. The third-order valence-electron chi connectivity index (χ3n) is 2.91. The Balaban J connectivity index is 2.75. The van der Waals surface area contributed by atoms with Crippen molar-refractivity contribution < 1.29 is 14.8 Å². The molecule has 20 heavy (non-hydrogen) atoms. The molecule has 0 radical (unpaired) electrons. The summed E-state index contributed by atoms with van der Waals surface area (Å²) >= 11 is 0. The summed E-state index contributed by atoms with van der Waals surface area (Å²) in [6, 6.07) is 1.53. The molecule has 0 fully saturated rings. The predicted molar refractivity (Wildman–Crippen MR) is 69.2 cm³/mol. The van der Waals surface area contributed by atoms with Crippen LogP contribution in [0.4, 0.5) is 5.69 Å². The molecule has 0 atom stereocenters. The molecule has 1 N–H and O–H groups in total. The van der Waals surface area contributed by atoms with Gasteiger partial charge in [0.25, 0.3) is 0 Å². The number of aromatic nitrogens is 3. The predicted octanol–water partition coefficient (Wildman–Crippen LogP) is 1.80. The maximum atomic E-state index is 11.2. The van der Waals surface area contributed by atoms with Crippen LogP contribution in [0.25, 0.3) is 5.69 Å². The van der Waals surface area contributed by atoms with Crippen molar-refractivity contribution in [3.05, 3.63) is 45.0 Å². The van der Waals surface area contributed by atoms with Gasteiger partial charge in [-0.05, 0) is 26.8 Å². The summed E-state index contributed by atoms with van der Waals surface area (Å²) in [7, 11) is 0. The Bertz CT molecular complexity index is 720. The van der Waals surface area contributed by atoms with Crippen molar-refractivity contribution in [3.63, 3.8) is 0 Å². The third-order valence-corrected chi connectivity index (χ3v) is 2.91. The van der Waals surface area contributed by atoms with Crippen LogP contribution in [-0.4, -0.2) is 30.8 Å². The lowest BCUT2D eigenvalue weighted by atomic mass is 10.2. The molecule has 0 saturated carbocycles. The molecule has 2 rings (SSSR count). The van der Waals surface area contributed by atoms with Gasteiger partial charge in [0.2, 0.25) is 0 Å². The first-order valence-electron chi connectivity index (χ1n) is 5.74. The van der Waals surface area contributed by atoms with Crippen molar-refractivity contribution >= 4 is 11.7 Å². The molecule has 0 aliphatic rings. The fourth-order valence-corrected chi connectivity index (χ4v) is 2.02. The lowest BCUT2D eigenvalue weighted by Crippen LogP contribution is -2.09. The lowest BCUT2D eigenvalue weighted by molar-refractivity contribution is -0.386. The van der Waals surface area contributed by atoms with E-state index in [9.17, 15) is 20.0 Å². The van der Waals surface area contributed by atoms with Crippen LogP contribution >= 0.6 is 0 Å². The molecule has 0 unspecified atom stereocenters. The Hall–Kier alpha value is -2.77. The Morgan fingerprint density at radius 3 is 2.55 bits per heavy atom. The second-order valence-electron chi connectivity index (χ2n) is 4.34. The number of aryl methyl sites for hydroxylation is 2. The molecule has 0 bridgehead atoms. The van der Waals surface area contributed by atoms with E-state index in [-0.39, 0.29) is 28.3 Å². The van der Waals surface area contributed by atoms with E-state index in [1.165, 1.54) is 30.8 Å². The summed E-state index contributed by atoms with van der Waals surface area (Å²) in [6.07, 6.45) is 1.22. The van der Waals surface area contributed by atoms with Crippen molar-refractivity contribution in [2.45, 2.75) is 20.8 Å². The van der Waals surface area contributed by atoms with Gasteiger partial charge in [0.1, 0.15) is 17.0 Å². The first-order valence-corrected chi connectivity index (χ1v) is 5.74. The molecule has 104 valence electrons. The summed E-state index contributed by atoms with van der Waals surface area (Å²) in [4.78, 5) is 25.6. The van der Waals surface area contributed by atoms with E-state index in [4.69, 9.17) is 0 Å². The summed E-state index contributed by atoms with van der Waals surface area (Å²) in [5, 5.41) is 24.2. The van der Waals surface area contributed by atoms with Crippen LogP contribution in [0.15, 0.2) is 12.3 Å². The van der Waals surface area contributed by atoms with Gasteiger partial charge in [-0.3, -0.25) is 15.1 Å². The molecule has 8 nitrogen and oxygen atoms in total. The average molecular weight is 276 g/mol. The summed E-state index contributed by atoms with van der Waals surface area (Å²) in [5.74, 6) is -1.16. The zero-order valence-electron chi connectivity index (χ0n) is 11.1. The number of nitro groups is 1. The highest BCUT2D eigenvalue weighted by Gasteiger charge is 2.25. The summed E-state index contributed by atoms with van der Waals surface area (Å²) < 4.78 is 1.27. The van der Waals surface area contributed by atoms with Crippen molar-refractivity contribution in [1.29, 1.82) is 0 Å². The Morgan fingerprint density at radius 2 is 2.05 bits per heavy atom. The number of aromatic carboxylic acids is 1. The minimum atomic E-state index is -1.16. The highest BCUT2D eigenvalue weighted by molar-refractivity contribution is 5.91. The Labute approximate surface area is 113 Å². The fraction of sp³-hybridized carbons (Fsp3) is 0.250. The van der Waals surface area contributed by atoms with E-state index in [0.29, 0.717) is 5.69 Å². The number of rotatable bonds is 3. The highest BCUT2D eigenvalue weighted by Crippen LogP contribution is 2.26. The largest absolute Gasteiger partial charge is 0.478 e. The molecule has 0 aliphatic carbocycles. The first-order chi connectivity index (χ1) is 9.32. The second kappa shape index (κ2) is 4.72. The zero-order chi connectivity index (χ0) is 15.0. The van der Waals surface area contributed by atoms with Gasteiger partial charge < -0.3 is 5.11 Å². The maximum absolute atomic E-state index is 11.2. The van der Waals surface area contributed by atoms with E-state index >= 15 is 0 Å². The van der Waals surface area contributed by atoms with Gasteiger partial charge in [-0.2, -0.15) is 5.10 Å². The zero-order valence-corrected chi connectivity index (χ0v) is 11.1. The van der Waals surface area contributed by atoms with E-state index < -0.39 is 10.9 Å². The molecule has 0 amide bonds. The van der Waals surface area contributed by atoms with Gasteiger partial charge in [0.15, 0.2) is 0 Å². The van der Waals surface area contributed by atoms with Crippen LogP contribution in [0.5, 0.6) is 0 Å². The van der Waals surface area contributed by atoms with Gasteiger partial charge in [0.05, 0.1) is 10.6 Å². The molecule has 2 aromatic heterocycles. The quantitative estimate of drug-likeness (QED) is 0.675. The fourth-order valence-electron chi connectivity index (χ4n) is 2.02. The summed E-state index contributed by atoms with van der Waals surface area (Å²) in [5.41, 5.74) is 1.20. The highest BCUT2D eigenvalue weighted by atomic mass is 16.6. The van der Waals surface area contributed by atoms with E-state index in [1.807, 2.05) is 0 Å². The number of hydrogen-bond donors (Lipinski definition) is 1. The van der Waals surface area contributed by atoms with Crippen molar-refractivity contribution in [2.24, 2.45) is 0 Å². The third kappa shape index (κ3) is 2.11. The number of pyridine rings is 1. The normalized spacial score (nSPS) is 10.6. The summed E-state index contributed by atoms with van der Waals surface area (Å²) in [6.45, 7) is 4.74. The van der Waals surface area contributed by atoms with Gasteiger partial charge in [-0.1, -0.05) is 0 Å².